The molecular formula is AgAuPtSn. The van der Waals surface area contributed by atoms with Crippen LogP contribution in [0.1, 0.15) is 0 Å². The predicted octanol–water partition coefficient (Wildman–Crippen LogP) is -0.388. The molecule has 0 aromatic rings. The molecule has 0 heterocycles. The van der Waals surface area contributed by atoms with Gasteiger partial charge in [0.05, 0.1) is 0 Å². The van der Waals surface area contributed by atoms with Crippen LogP contribution in [-0.4, -0.2) is 23.9 Å². The van der Waals surface area contributed by atoms with Crippen LogP contribution in [0.15, 0.2) is 0 Å². The number of hydrogen-bond donors (Lipinski definition) is 0. The third-order valence-electron chi connectivity index (χ3n) is 0. The first-order chi connectivity index (χ1) is 0. The maximum atomic E-state index is 0. The zero-order valence-electron chi connectivity index (χ0n) is 1.42. The van der Waals surface area contributed by atoms with Gasteiger partial charge in [-0.15, -0.1) is 0 Å². The quantitative estimate of drug-likeness (QED) is 0.325. The van der Waals surface area contributed by atoms with Gasteiger partial charge in [-0.05, 0) is 0 Å². The van der Waals surface area contributed by atoms with Crippen LogP contribution in [-0.2, 0) is 65.8 Å². The molecular weight excluding hydrogens is 619 g/mol. The zero-order chi connectivity index (χ0) is 0. The van der Waals surface area contributed by atoms with Crippen molar-refractivity contribution in [1.29, 1.82) is 0 Å². The van der Waals surface area contributed by atoms with E-state index in [2.05, 4.69) is 0 Å². The molecule has 0 amide bonds. The summed E-state index contributed by atoms with van der Waals surface area (Å²) in [6.07, 6.45) is 0. The standard InChI is InChI=1S/Ag.Au.Pt.Sn. The first-order valence-electron chi connectivity index (χ1n) is 0. The third kappa shape index (κ3) is 8.88. The van der Waals surface area contributed by atoms with Crippen LogP contribution < -0.4 is 0 Å². The second-order valence-electron chi connectivity index (χ2n) is 0. The molecule has 0 aromatic carbocycles. The Morgan fingerprint density at radius 1 is 1.00 bits per heavy atom. The second kappa shape index (κ2) is 16.7. The Labute approximate surface area is 88.1 Å². The van der Waals surface area contributed by atoms with Crippen LogP contribution >= 0.6 is 0 Å². The third-order valence-corrected chi connectivity index (χ3v) is 0. The van der Waals surface area contributed by atoms with Crippen molar-refractivity contribution in [3.63, 3.8) is 0 Å². The van der Waals surface area contributed by atoms with E-state index in [-0.39, 0.29) is 89.7 Å². The predicted molar refractivity (Wildman–Crippen MR) is 5.75 cm³/mol. The maximum absolute atomic E-state index is 0. The van der Waals surface area contributed by atoms with Crippen molar-refractivity contribution < 1.29 is 65.8 Å². The molecule has 0 unspecified atom stereocenters. The summed E-state index contributed by atoms with van der Waals surface area (Å²) >= 11 is 0. The fourth-order valence-electron chi connectivity index (χ4n) is 0. The van der Waals surface area contributed by atoms with Gasteiger partial charge in [0.15, 0.2) is 0 Å². The summed E-state index contributed by atoms with van der Waals surface area (Å²) in [5.41, 5.74) is 0. The SMILES string of the molecule is [Ag].[Au].[Pt].[Sn]. The van der Waals surface area contributed by atoms with Crippen molar-refractivity contribution in [1.82, 2.24) is 0 Å². The molecule has 4 heteroatoms. The van der Waals surface area contributed by atoms with Gasteiger partial charge in [-0.3, -0.25) is 0 Å². The molecule has 0 atom stereocenters. The smallest absolute Gasteiger partial charge is 0 e. The molecule has 0 aliphatic carbocycles. The van der Waals surface area contributed by atoms with E-state index in [0.29, 0.717) is 0 Å². The molecule has 0 spiro atoms. The topological polar surface area (TPSA) is 0 Å². The van der Waals surface area contributed by atoms with Gasteiger partial charge >= 0.3 is 0 Å². The van der Waals surface area contributed by atoms with E-state index in [9.17, 15) is 0 Å². The normalized spacial score (nSPS) is 0. The van der Waals surface area contributed by atoms with Crippen LogP contribution in [0.5, 0.6) is 0 Å². The largest absolute Gasteiger partial charge is 0 e. The van der Waals surface area contributed by atoms with Gasteiger partial charge in [0.25, 0.3) is 0 Å². The minimum absolute atomic E-state index is 0. The van der Waals surface area contributed by atoms with E-state index in [0.717, 1.165) is 0 Å². The summed E-state index contributed by atoms with van der Waals surface area (Å²) in [6, 6.07) is 0. The van der Waals surface area contributed by atoms with E-state index >= 15 is 0 Å². The van der Waals surface area contributed by atoms with Crippen molar-refractivity contribution in [2.24, 2.45) is 0 Å². The molecule has 0 saturated carbocycles. The van der Waals surface area contributed by atoms with E-state index in [4.69, 9.17) is 0 Å². The average Bonchev–Trinajstić information content (AvgIpc) is 0. The van der Waals surface area contributed by atoms with Gasteiger partial charge < -0.3 is 0 Å². The molecule has 0 aliphatic rings. The van der Waals surface area contributed by atoms with Crippen molar-refractivity contribution in [3.05, 3.63) is 0 Å². The van der Waals surface area contributed by atoms with Gasteiger partial charge in [-0.25, -0.2) is 0 Å². The summed E-state index contributed by atoms with van der Waals surface area (Å²) in [6.45, 7) is 0. The van der Waals surface area contributed by atoms with Crippen molar-refractivity contribution >= 4 is 23.9 Å². The Morgan fingerprint density at radius 3 is 1.00 bits per heavy atom. The first kappa shape index (κ1) is 28.2. The van der Waals surface area contributed by atoms with E-state index in [1.165, 1.54) is 0 Å². The zero-order valence-corrected chi connectivity index (χ0v) is 10.2. The molecule has 0 aliphatic heterocycles. The summed E-state index contributed by atoms with van der Waals surface area (Å²) in [5, 5.41) is 0. The summed E-state index contributed by atoms with van der Waals surface area (Å²) in [4.78, 5) is 0. The maximum Gasteiger partial charge on any atom is 0 e. The van der Waals surface area contributed by atoms with E-state index in [1.807, 2.05) is 0 Å². The minimum atomic E-state index is 0. The van der Waals surface area contributed by atoms with E-state index in [1.54, 1.807) is 0 Å². The van der Waals surface area contributed by atoms with E-state index < -0.39 is 0 Å². The Bertz CT molecular complexity index is 8.00. The van der Waals surface area contributed by atoms with Gasteiger partial charge in [-0.2, -0.15) is 0 Å². The van der Waals surface area contributed by atoms with Crippen LogP contribution in [0, 0.1) is 0 Å². The van der Waals surface area contributed by atoms with Crippen LogP contribution in [0.3, 0.4) is 0 Å². The minimum Gasteiger partial charge on any atom is 0 e. The van der Waals surface area contributed by atoms with Crippen LogP contribution in [0.4, 0.5) is 0 Å². The molecule has 36 valence electrons. The van der Waals surface area contributed by atoms with Crippen molar-refractivity contribution in [2.45, 2.75) is 0 Å². The molecule has 0 aromatic heterocycles. The van der Waals surface area contributed by atoms with Gasteiger partial charge in [0.1, 0.15) is 0 Å². The van der Waals surface area contributed by atoms with Gasteiger partial charge in [0, 0.05) is 89.7 Å². The van der Waals surface area contributed by atoms with Gasteiger partial charge in [-0.1, -0.05) is 0 Å². The molecule has 4 heavy (non-hydrogen) atoms. The Hall–Kier alpha value is 2.97. The Balaban J connectivity index is 0. The summed E-state index contributed by atoms with van der Waals surface area (Å²) < 4.78 is 0. The average molecular weight is 619 g/mol. The van der Waals surface area contributed by atoms with Crippen LogP contribution in [0.2, 0.25) is 0 Å². The van der Waals surface area contributed by atoms with Crippen molar-refractivity contribution in [3.8, 4) is 0 Å². The fraction of sp³-hybridized carbons (Fsp3) is 0. The molecule has 0 fully saturated rings. The molecule has 6 radical (unpaired) electrons. The Morgan fingerprint density at radius 2 is 1.00 bits per heavy atom. The molecule has 0 bridgehead atoms. The first-order valence-corrected chi connectivity index (χ1v) is 0. The summed E-state index contributed by atoms with van der Waals surface area (Å²) in [7, 11) is 0. The van der Waals surface area contributed by atoms with Crippen molar-refractivity contribution in [2.75, 3.05) is 0 Å². The molecule has 0 saturated heterocycles. The second-order valence-corrected chi connectivity index (χ2v) is 0. The number of rotatable bonds is 0. The molecule has 0 nitrogen and oxygen atoms in total. The number of hydrogen-bond acceptors (Lipinski definition) is 0. The van der Waals surface area contributed by atoms with Gasteiger partial charge in [0.2, 0.25) is 0 Å². The summed E-state index contributed by atoms with van der Waals surface area (Å²) in [5.74, 6) is 0. The monoisotopic (exact) mass is 619 g/mol. The molecule has 0 rings (SSSR count). The molecule has 0 N–H and O–H groups in total. The Kier molecular flexibility index (Phi) is 118. The fourth-order valence-corrected chi connectivity index (χ4v) is 0. The van der Waals surface area contributed by atoms with Crippen LogP contribution in [0.25, 0.3) is 0 Å².